The lowest BCUT2D eigenvalue weighted by Crippen LogP contribution is -2.02. The van der Waals surface area contributed by atoms with Crippen molar-refractivity contribution in [3.8, 4) is 5.69 Å². The van der Waals surface area contributed by atoms with E-state index < -0.39 is 0 Å². The van der Waals surface area contributed by atoms with Gasteiger partial charge in [-0.1, -0.05) is 18.2 Å². The number of tetrazole rings is 1. The smallest absolute Gasteiger partial charge is 0.220 e. The second-order valence-corrected chi connectivity index (χ2v) is 3.55. The van der Waals surface area contributed by atoms with Gasteiger partial charge in [0.1, 0.15) is 6.29 Å². The van der Waals surface area contributed by atoms with Crippen molar-refractivity contribution in [2.45, 2.75) is 13.0 Å². The summed E-state index contributed by atoms with van der Waals surface area (Å²) in [6, 6.07) is 9.52. The van der Waals surface area contributed by atoms with Gasteiger partial charge in [-0.15, -0.1) is 0 Å². The standard InChI is InChI=1S/C10H10N4OS/c15-8-4-7-13-10(16)14(12-11-13)9-5-2-1-3-6-9/h1-3,5-6,8H,4,7H2. The number of aldehydes is 1. The van der Waals surface area contributed by atoms with Crippen molar-refractivity contribution in [2.75, 3.05) is 0 Å². The summed E-state index contributed by atoms with van der Waals surface area (Å²) in [4.78, 5) is 10.3. The predicted molar refractivity (Wildman–Crippen MR) is 60.9 cm³/mol. The Morgan fingerprint density at radius 3 is 2.69 bits per heavy atom. The molecule has 1 aromatic carbocycles. The lowest BCUT2D eigenvalue weighted by atomic mass is 10.3. The minimum atomic E-state index is 0.391. The molecule has 0 radical (unpaired) electrons. The van der Waals surface area contributed by atoms with E-state index in [0.717, 1.165) is 12.0 Å². The normalized spacial score (nSPS) is 10.2. The highest BCUT2D eigenvalue weighted by Gasteiger charge is 2.04. The van der Waals surface area contributed by atoms with Crippen LogP contribution in [-0.2, 0) is 11.3 Å². The van der Waals surface area contributed by atoms with Crippen LogP contribution in [0, 0.1) is 4.77 Å². The van der Waals surface area contributed by atoms with Crippen LogP contribution in [0.25, 0.3) is 5.69 Å². The number of rotatable bonds is 4. The molecular formula is C10H10N4OS. The van der Waals surface area contributed by atoms with E-state index in [2.05, 4.69) is 10.4 Å². The second-order valence-electron chi connectivity index (χ2n) is 3.19. The Bertz CT molecular complexity index is 531. The molecule has 0 aliphatic rings. The van der Waals surface area contributed by atoms with E-state index in [1.165, 1.54) is 4.68 Å². The molecule has 5 nitrogen and oxygen atoms in total. The molecule has 82 valence electrons. The molecule has 0 saturated heterocycles. The van der Waals surface area contributed by atoms with E-state index in [1.807, 2.05) is 30.3 Å². The average molecular weight is 234 g/mol. The van der Waals surface area contributed by atoms with Crippen LogP contribution in [0.15, 0.2) is 30.3 Å². The molecule has 0 saturated carbocycles. The third-order valence-corrected chi connectivity index (χ3v) is 2.48. The molecule has 0 fully saturated rings. The van der Waals surface area contributed by atoms with Gasteiger partial charge >= 0.3 is 0 Å². The highest BCUT2D eigenvalue weighted by Crippen LogP contribution is 2.05. The quantitative estimate of drug-likeness (QED) is 0.592. The van der Waals surface area contributed by atoms with Crippen LogP contribution < -0.4 is 0 Å². The molecule has 0 atom stereocenters. The summed E-state index contributed by atoms with van der Waals surface area (Å²) in [5.74, 6) is 0. The molecule has 0 N–H and O–H groups in total. The number of benzene rings is 1. The number of aryl methyl sites for hydroxylation is 1. The summed E-state index contributed by atoms with van der Waals surface area (Å²) in [5.41, 5.74) is 0.866. The highest BCUT2D eigenvalue weighted by atomic mass is 32.1. The third kappa shape index (κ3) is 2.06. The van der Waals surface area contributed by atoms with E-state index in [1.54, 1.807) is 4.68 Å². The van der Waals surface area contributed by atoms with Crippen LogP contribution in [0.2, 0.25) is 0 Å². The van der Waals surface area contributed by atoms with Gasteiger partial charge in [0.15, 0.2) is 0 Å². The molecule has 1 heterocycles. The zero-order valence-electron chi connectivity index (χ0n) is 8.48. The van der Waals surface area contributed by atoms with Crippen LogP contribution >= 0.6 is 12.2 Å². The minimum Gasteiger partial charge on any atom is -0.303 e. The lowest BCUT2D eigenvalue weighted by Gasteiger charge is -1.98. The predicted octanol–water partition coefficient (Wildman–Crippen LogP) is 1.39. The summed E-state index contributed by atoms with van der Waals surface area (Å²) in [6.07, 6.45) is 1.23. The number of aromatic nitrogens is 4. The fourth-order valence-electron chi connectivity index (χ4n) is 1.32. The first kappa shape index (κ1) is 10.7. The van der Waals surface area contributed by atoms with Crippen molar-refractivity contribution in [1.82, 2.24) is 19.8 Å². The minimum absolute atomic E-state index is 0.391. The van der Waals surface area contributed by atoms with Crippen molar-refractivity contribution >= 4 is 18.5 Å². The van der Waals surface area contributed by atoms with Gasteiger partial charge in [-0.25, -0.2) is 4.68 Å². The van der Waals surface area contributed by atoms with Crippen molar-refractivity contribution in [3.05, 3.63) is 35.1 Å². The first-order valence-electron chi connectivity index (χ1n) is 4.85. The summed E-state index contributed by atoms with van der Waals surface area (Å²) in [7, 11) is 0. The summed E-state index contributed by atoms with van der Waals surface area (Å²) >= 11 is 5.21. The molecule has 2 rings (SSSR count). The number of hydrogen-bond donors (Lipinski definition) is 0. The molecule has 0 aliphatic heterocycles. The first-order valence-corrected chi connectivity index (χ1v) is 5.25. The highest BCUT2D eigenvalue weighted by molar-refractivity contribution is 7.71. The molecule has 1 aromatic heterocycles. The fourth-order valence-corrected chi connectivity index (χ4v) is 1.59. The summed E-state index contributed by atoms with van der Waals surface area (Å²) < 4.78 is 3.60. The SMILES string of the molecule is O=CCCn1nnn(-c2ccccc2)c1=S. The largest absolute Gasteiger partial charge is 0.303 e. The second kappa shape index (κ2) is 4.80. The van der Waals surface area contributed by atoms with E-state index in [-0.39, 0.29) is 0 Å². The Kier molecular flexibility index (Phi) is 3.21. The Hall–Kier alpha value is -1.82. The summed E-state index contributed by atoms with van der Waals surface area (Å²) in [5, 5.41) is 7.84. The van der Waals surface area contributed by atoms with Gasteiger partial charge in [0.05, 0.1) is 12.2 Å². The zero-order chi connectivity index (χ0) is 11.4. The number of nitrogens with zero attached hydrogens (tertiary/aromatic N) is 4. The zero-order valence-corrected chi connectivity index (χ0v) is 9.30. The Balaban J connectivity index is 2.34. The first-order chi connectivity index (χ1) is 7.83. The monoisotopic (exact) mass is 234 g/mol. The van der Waals surface area contributed by atoms with Gasteiger partial charge in [0.25, 0.3) is 0 Å². The van der Waals surface area contributed by atoms with E-state index >= 15 is 0 Å². The van der Waals surface area contributed by atoms with E-state index in [9.17, 15) is 4.79 Å². The van der Waals surface area contributed by atoms with Gasteiger partial charge in [0, 0.05) is 6.42 Å². The Morgan fingerprint density at radius 2 is 2.00 bits per heavy atom. The maximum absolute atomic E-state index is 10.3. The molecular weight excluding hydrogens is 224 g/mol. The van der Waals surface area contributed by atoms with Crippen molar-refractivity contribution in [2.24, 2.45) is 0 Å². The van der Waals surface area contributed by atoms with Crippen LogP contribution in [0.1, 0.15) is 6.42 Å². The molecule has 0 amide bonds. The molecule has 16 heavy (non-hydrogen) atoms. The van der Waals surface area contributed by atoms with E-state index in [4.69, 9.17) is 12.2 Å². The molecule has 2 aromatic rings. The van der Waals surface area contributed by atoms with Crippen molar-refractivity contribution < 1.29 is 4.79 Å². The molecule has 0 unspecified atom stereocenters. The number of carbonyl (C=O) groups excluding carboxylic acids is 1. The number of para-hydroxylation sites is 1. The fraction of sp³-hybridized carbons (Fsp3) is 0.200. The molecule has 0 aliphatic carbocycles. The summed E-state index contributed by atoms with van der Waals surface area (Å²) in [6.45, 7) is 0.467. The van der Waals surface area contributed by atoms with E-state index in [0.29, 0.717) is 17.7 Å². The van der Waals surface area contributed by atoms with Crippen molar-refractivity contribution in [3.63, 3.8) is 0 Å². The molecule has 6 heteroatoms. The van der Waals surface area contributed by atoms with Gasteiger partial charge in [-0.2, -0.15) is 4.68 Å². The van der Waals surface area contributed by atoms with Crippen LogP contribution in [0.3, 0.4) is 0 Å². The maximum atomic E-state index is 10.3. The van der Waals surface area contributed by atoms with Crippen LogP contribution in [0.4, 0.5) is 0 Å². The average Bonchev–Trinajstić information content (AvgIpc) is 2.69. The number of hydrogen-bond acceptors (Lipinski definition) is 4. The molecule has 0 bridgehead atoms. The topological polar surface area (TPSA) is 52.7 Å². The van der Waals surface area contributed by atoms with Gasteiger partial charge in [-0.05, 0) is 34.8 Å². The maximum Gasteiger partial charge on any atom is 0.220 e. The lowest BCUT2D eigenvalue weighted by molar-refractivity contribution is -0.108. The van der Waals surface area contributed by atoms with Crippen LogP contribution in [-0.4, -0.2) is 26.1 Å². The number of carbonyl (C=O) groups is 1. The van der Waals surface area contributed by atoms with Crippen molar-refractivity contribution in [1.29, 1.82) is 0 Å². The third-order valence-electron chi connectivity index (χ3n) is 2.10. The Labute approximate surface area is 97.3 Å². The van der Waals surface area contributed by atoms with Gasteiger partial charge < -0.3 is 4.79 Å². The van der Waals surface area contributed by atoms with Crippen LogP contribution in [0.5, 0.6) is 0 Å². The Morgan fingerprint density at radius 1 is 1.25 bits per heavy atom. The molecule has 0 spiro atoms. The van der Waals surface area contributed by atoms with Gasteiger partial charge in [0.2, 0.25) is 4.77 Å². The van der Waals surface area contributed by atoms with Gasteiger partial charge in [-0.3, -0.25) is 0 Å².